The van der Waals surface area contributed by atoms with Gasteiger partial charge in [-0.3, -0.25) is 4.68 Å². The largest absolute Gasteiger partial charge is 0.310 e. The van der Waals surface area contributed by atoms with E-state index in [2.05, 4.69) is 59.6 Å². The Hall–Kier alpha value is -1.13. The van der Waals surface area contributed by atoms with Crippen molar-refractivity contribution in [1.29, 1.82) is 0 Å². The Balaban J connectivity index is 2.24. The van der Waals surface area contributed by atoms with Crippen LogP contribution in [0.25, 0.3) is 0 Å². The van der Waals surface area contributed by atoms with Crippen molar-refractivity contribution in [2.24, 2.45) is 0 Å². The molecule has 0 bridgehead atoms. The number of hydrogen-bond acceptors (Lipinski definition) is 3. The Bertz CT molecular complexity index is 542. The lowest BCUT2D eigenvalue weighted by Gasteiger charge is -2.18. The molecule has 0 saturated heterocycles. The number of aryl methyl sites for hydroxylation is 3. The van der Waals surface area contributed by atoms with Gasteiger partial charge in [-0.05, 0) is 54.8 Å². The lowest BCUT2D eigenvalue weighted by atomic mass is 10.0. The van der Waals surface area contributed by atoms with Crippen LogP contribution in [0.1, 0.15) is 49.3 Å². The monoisotopic (exact) mass is 291 g/mol. The third-order valence-corrected chi connectivity index (χ3v) is 4.59. The molecule has 0 radical (unpaired) electrons. The Morgan fingerprint density at radius 2 is 2.10 bits per heavy atom. The van der Waals surface area contributed by atoms with Gasteiger partial charge >= 0.3 is 0 Å². The van der Waals surface area contributed by atoms with Crippen molar-refractivity contribution >= 4 is 11.3 Å². The van der Waals surface area contributed by atoms with Gasteiger partial charge in [-0.15, -0.1) is 0 Å². The Kier molecular flexibility index (Phi) is 5.38. The summed E-state index contributed by atoms with van der Waals surface area (Å²) < 4.78 is 2.14. The zero-order valence-corrected chi connectivity index (χ0v) is 13.8. The molecule has 1 N–H and O–H groups in total. The van der Waals surface area contributed by atoms with Crippen molar-refractivity contribution in [3.05, 3.63) is 39.3 Å². The molecule has 0 amide bonds. The van der Waals surface area contributed by atoms with Crippen molar-refractivity contribution in [3.8, 4) is 0 Å². The minimum atomic E-state index is 0.387. The van der Waals surface area contributed by atoms with E-state index >= 15 is 0 Å². The van der Waals surface area contributed by atoms with Crippen molar-refractivity contribution in [2.45, 2.75) is 53.1 Å². The molecular formula is C16H25N3S. The van der Waals surface area contributed by atoms with Crippen LogP contribution in [0.3, 0.4) is 0 Å². The lowest BCUT2D eigenvalue weighted by molar-refractivity contribution is 0.515. The standard InChI is InChI=1S/C16H25N3S/c1-5-13-8-14(19(7-3)18-13)9-16(17-6-2)15-11-20-10-12(15)4/h8,10-11,16-17H,5-7,9H2,1-4H3. The summed E-state index contributed by atoms with van der Waals surface area (Å²) in [4.78, 5) is 0. The minimum Gasteiger partial charge on any atom is -0.310 e. The zero-order chi connectivity index (χ0) is 14.5. The molecule has 3 nitrogen and oxygen atoms in total. The van der Waals surface area contributed by atoms with Gasteiger partial charge in [0, 0.05) is 24.7 Å². The van der Waals surface area contributed by atoms with Crippen LogP contribution < -0.4 is 5.32 Å². The number of nitrogens with one attached hydrogen (secondary N) is 1. The van der Waals surface area contributed by atoms with E-state index in [1.165, 1.54) is 22.5 Å². The lowest BCUT2D eigenvalue weighted by Crippen LogP contribution is -2.24. The fourth-order valence-corrected chi connectivity index (χ4v) is 3.51. The summed E-state index contributed by atoms with van der Waals surface area (Å²) in [6.45, 7) is 10.6. The molecule has 0 aliphatic carbocycles. The fourth-order valence-electron chi connectivity index (χ4n) is 2.60. The molecular weight excluding hydrogens is 266 g/mol. The number of likely N-dealkylation sites (N-methyl/N-ethyl adjacent to an activating group) is 1. The number of aromatic nitrogens is 2. The second-order valence-electron chi connectivity index (χ2n) is 5.12. The maximum atomic E-state index is 4.66. The first-order valence-electron chi connectivity index (χ1n) is 7.51. The molecule has 2 aromatic heterocycles. The van der Waals surface area contributed by atoms with Gasteiger partial charge < -0.3 is 5.32 Å². The van der Waals surface area contributed by atoms with E-state index in [9.17, 15) is 0 Å². The maximum Gasteiger partial charge on any atom is 0.0624 e. The van der Waals surface area contributed by atoms with Gasteiger partial charge in [-0.1, -0.05) is 13.8 Å². The number of rotatable bonds is 7. The molecule has 2 heterocycles. The molecule has 0 aliphatic rings. The molecule has 0 aliphatic heterocycles. The van der Waals surface area contributed by atoms with Gasteiger partial charge in [0.05, 0.1) is 5.69 Å². The topological polar surface area (TPSA) is 29.9 Å². The Labute approximate surface area is 126 Å². The molecule has 0 fully saturated rings. The van der Waals surface area contributed by atoms with Crippen LogP contribution in [-0.4, -0.2) is 16.3 Å². The summed E-state index contributed by atoms with van der Waals surface area (Å²) in [5.41, 5.74) is 5.35. The molecule has 4 heteroatoms. The van der Waals surface area contributed by atoms with Crippen LogP contribution in [0.2, 0.25) is 0 Å². The van der Waals surface area contributed by atoms with Crippen LogP contribution in [-0.2, 0) is 19.4 Å². The van der Waals surface area contributed by atoms with Gasteiger partial charge in [0.15, 0.2) is 0 Å². The highest BCUT2D eigenvalue weighted by Crippen LogP contribution is 2.25. The summed E-state index contributed by atoms with van der Waals surface area (Å²) in [6.07, 6.45) is 2.01. The second-order valence-corrected chi connectivity index (χ2v) is 5.86. The number of hydrogen-bond donors (Lipinski definition) is 1. The highest BCUT2D eigenvalue weighted by Gasteiger charge is 2.17. The van der Waals surface area contributed by atoms with Crippen LogP contribution in [0.4, 0.5) is 0 Å². The first-order chi connectivity index (χ1) is 9.69. The molecule has 1 atom stereocenters. The SMILES string of the molecule is CCNC(Cc1cc(CC)nn1CC)c1cscc1C. The summed E-state index contributed by atoms with van der Waals surface area (Å²) in [7, 11) is 0. The van der Waals surface area contributed by atoms with Crippen LogP contribution in [0, 0.1) is 6.92 Å². The van der Waals surface area contributed by atoms with Gasteiger partial charge in [0.1, 0.15) is 0 Å². The molecule has 0 spiro atoms. The van der Waals surface area contributed by atoms with E-state index in [4.69, 9.17) is 0 Å². The highest BCUT2D eigenvalue weighted by molar-refractivity contribution is 7.08. The van der Waals surface area contributed by atoms with Crippen LogP contribution in [0.15, 0.2) is 16.8 Å². The van der Waals surface area contributed by atoms with E-state index < -0.39 is 0 Å². The van der Waals surface area contributed by atoms with Crippen LogP contribution in [0.5, 0.6) is 0 Å². The Morgan fingerprint density at radius 1 is 1.30 bits per heavy atom. The smallest absolute Gasteiger partial charge is 0.0624 e. The van der Waals surface area contributed by atoms with Crippen molar-refractivity contribution < 1.29 is 0 Å². The summed E-state index contributed by atoms with van der Waals surface area (Å²) >= 11 is 1.79. The normalized spacial score (nSPS) is 12.8. The average Bonchev–Trinajstić information content (AvgIpc) is 3.04. The second kappa shape index (κ2) is 7.04. The summed E-state index contributed by atoms with van der Waals surface area (Å²) in [6, 6.07) is 2.65. The predicted octanol–water partition coefficient (Wildman–Crippen LogP) is 3.73. The summed E-state index contributed by atoms with van der Waals surface area (Å²) in [5.74, 6) is 0. The number of thiophene rings is 1. The first kappa shape index (κ1) is 15.3. The molecule has 1 unspecified atom stereocenters. The first-order valence-corrected chi connectivity index (χ1v) is 8.45. The summed E-state index contributed by atoms with van der Waals surface area (Å²) in [5, 5.41) is 12.8. The van der Waals surface area contributed by atoms with E-state index in [1.807, 2.05) is 0 Å². The van der Waals surface area contributed by atoms with Gasteiger partial charge in [-0.25, -0.2) is 0 Å². The average molecular weight is 291 g/mol. The quantitative estimate of drug-likeness (QED) is 0.842. The molecule has 0 aromatic carbocycles. The molecule has 20 heavy (non-hydrogen) atoms. The number of nitrogens with zero attached hydrogens (tertiary/aromatic N) is 2. The Morgan fingerprint density at radius 3 is 2.65 bits per heavy atom. The minimum absolute atomic E-state index is 0.387. The zero-order valence-electron chi connectivity index (χ0n) is 12.9. The van der Waals surface area contributed by atoms with E-state index in [-0.39, 0.29) is 0 Å². The van der Waals surface area contributed by atoms with Crippen molar-refractivity contribution in [3.63, 3.8) is 0 Å². The van der Waals surface area contributed by atoms with Crippen LogP contribution >= 0.6 is 11.3 Å². The molecule has 0 saturated carbocycles. The van der Waals surface area contributed by atoms with Gasteiger partial charge in [-0.2, -0.15) is 16.4 Å². The highest BCUT2D eigenvalue weighted by atomic mass is 32.1. The van der Waals surface area contributed by atoms with Gasteiger partial charge in [0.2, 0.25) is 0 Å². The predicted molar refractivity (Wildman–Crippen MR) is 86.5 cm³/mol. The molecule has 2 rings (SSSR count). The van der Waals surface area contributed by atoms with E-state index in [0.29, 0.717) is 6.04 Å². The van der Waals surface area contributed by atoms with E-state index in [1.54, 1.807) is 11.3 Å². The fraction of sp³-hybridized carbons (Fsp3) is 0.562. The molecule has 2 aromatic rings. The van der Waals surface area contributed by atoms with E-state index in [0.717, 1.165) is 25.9 Å². The molecule has 110 valence electrons. The third-order valence-electron chi connectivity index (χ3n) is 3.71. The van der Waals surface area contributed by atoms with Crippen molar-refractivity contribution in [1.82, 2.24) is 15.1 Å². The maximum absolute atomic E-state index is 4.66. The van der Waals surface area contributed by atoms with Crippen molar-refractivity contribution in [2.75, 3.05) is 6.54 Å². The third kappa shape index (κ3) is 3.30. The van der Waals surface area contributed by atoms with Gasteiger partial charge in [0.25, 0.3) is 0 Å².